The number of alkyl halides is 3. The Morgan fingerprint density at radius 1 is 0.974 bits per heavy atom. The first-order valence-electron chi connectivity index (χ1n) is 11.3. The van der Waals surface area contributed by atoms with E-state index in [9.17, 15) is 43.5 Å². The van der Waals surface area contributed by atoms with Crippen LogP contribution in [0.4, 0.5) is 40.9 Å². The summed E-state index contributed by atoms with van der Waals surface area (Å²) in [6.07, 6.45) is -5.92. The normalized spacial score (nSPS) is 18.7. The van der Waals surface area contributed by atoms with Gasteiger partial charge < -0.3 is 4.74 Å². The lowest BCUT2D eigenvalue weighted by atomic mass is 9.87. The summed E-state index contributed by atoms with van der Waals surface area (Å²) < 4.78 is 142. The lowest BCUT2D eigenvalue weighted by Crippen LogP contribution is -2.47. The smallest absolute Gasteiger partial charge is 0.401 e. The molecule has 0 bridgehead atoms. The summed E-state index contributed by atoms with van der Waals surface area (Å²) in [6, 6.07) is 6.33. The highest BCUT2D eigenvalue weighted by Crippen LogP contribution is 2.35. The van der Waals surface area contributed by atoms with Gasteiger partial charge in [0.2, 0.25) is 5.95 Å². The van der Waals surface area contributed by atoms with Crippen LogP contribution in [0, 0.1) is 29.2 Å². The molecule has 39 heavy (non-hydrogen) atoms. The third-order valence-corrected chi connectivity index (χ3v) is 7.28. The molecule has 0 aliphatic carbocycles. The van der Waals surface area contributed by atoms with Crippen LogP contribution in [0.2, 0.25) is 0 Å². The summed E-state index contributed by atoms with van der Waals surface area (Å²) in [5.74, 6) is -8.25. The van der Waals surface area contributed by atoms with Crippen molar-refractivity contribution in [3.05, 3.63) is 83.3 Å². The molecule has 0 saturated carbocycles. The monoisotopic (exact) mass is 581 g/mol. The molecule has 2 atom stereocenters. The topological polar surface area (TPSA) is 71.5 Å². The summed E-state index contributed by atoms with van der Waals surface area (Å²) >= 11 is 0. The van der Waals surface area contributed by atoms with Gasteiger partial charge in [0.1, 0.15) is 34.3 Å². The van der Waals surface area contributed by atoms with E-state index in [1.54, 1.807) is 0 Å². The summed E-state index contributed by atoms with van der Waals surface area (Å²) in [5.41, 5.74) is -0.194. The molecule has 4 rings (SSSR count). The van der Waals surface area contributed by atoms with E-state index >= 15 is 0 Å². The highest BCUT2D eigenvalue weighted by atomic mass is 32.2. The van der Waals surface area contributed by atoms with Gasteiger partial charge in [0.25, 0.3) is 10.0 Å². The second kappa shape index (κ2) is 11.0. The molecule has 0 amide bonds. The number of aromatic nitrogens is 1. The first kappa shape index (κ1) is 28.5. The Morgan fingerprint density at radius 3 is 2.38 bits per heavy atom. The number of nitrogens with one attached hydrogen (secondary N) is 1. The molecule has 6 nitrogen and oxygen atoms in total. The molecule has 1 aromatic heterocycles. The SMILES string of the molecule is O=S(=O)(Nc1cccc(F)n1)c1cc(F)c(O[C@H]2CCN(CC(F)(F)F)C[C@@H]2c2ccc(F)cc2F)cc1F. The number of halogens is 8. The average molecular weight is 581 g/mol. The zero-order valence-corrected chi connectivity index (χ0v) is 20.5. The average Bonchev–Trinajstić information content (AvgIpc) is 2.81. The molecular weight excluding hydrogens is 562 g/mol. The second-order valence-electron chi connectivity index (χ2n) is 8.73. The van der Waals surface area contributed by atoms with Gasteiger partial charge in [-0.05, 0) is 30.2 Å². The second-order valence-corrected chi connectivity index (χ2v) is 10.4. The fourth-order valence-corrected chi connectivity index (χ4v) is 5.34. The molecule has 2 heterocycles. The van der Waals surface area contributed by atoms with Gasteiger partial charge in [0.15, 0.2) is 11.6 Å². The number of hydrogen-bond acceptors (Lipinski definition) is 5. The number of benzene rings is 2. The zero-order chi connectivity index (χ0) is 28.5. The lowest BCUT2D eigenvalue weighted by molar-refractivity contribution is -0.150. The van der Waals surface area contributed by atoms with Crippen molar-refractivity contribution in [3.63, 3.8) is 0 Å². The van der Waals surface area contributed by atoms with Crippen LogP contribution in [0.5, 0.6) is 5.75 Å². The molecule has 1 N–H and O–H groups in total. The number of piperidine rings is 1. The minimum atomic E-state index is -4.77. The Kier molecular flexibility index (Phi) is 8.02. The molecule has 0 spiro atoms. The Bertz CT molecular complexity index is 1470. The molecule has 1 aliphatic rings. The third kappa shape index (κ3) is 6.95. The summed E-state index contributed by atoms with van der Waals surface area (Å²) in [7, 11) is -4.77. The van der Waals surface area contributed by atoms with Crippen molar-refractivity contribution >= 4 is 15.8 Å². The van der Waals surface area contributed by atoms with Gasteiger partial charge >= 0.3 is 6.18 Å². The van der Waals surface area contributed by atoms with E-state index in [0.29, 0.717) is 18.2 Å². The maximum Gasteiger partial charge on any atom is 0.401 e. The van der Waals surface area contributed by atoms with Crippen LogP contribution < -0.4 is 9.46 Å². The van der Waals surface area contributed by atoms with E-state index in [1.807, 2.05) is 4.72 Å². The highest BCUT2D eigenvalue weighted by Gasteiger charge is 2.39. The number of nitrogens with zero attached hydrogens (tertiary/aromatic N) is 2. The maximum atomic E-state index is 14.9. The molecule has 3 aromatic rings. The third-order valence-electron chi connectivity index (χ3n) is 5.91. The van der Waals surface area contributed by atoms with E-state index in [1.165, 1.54) is 0 Å². The maximum absolute atomic E-state index is 14.9. The van der Waals surface area contributed by atoms with Gasteiger partial charge in [-0.1, -0.05) is 12.1 Å². The molecule has 2 aromatic carbocycles. The van der Waals surface area contributed by atoms with Crippen molar-refractivity contribution in [2.24, 2.45) is 0 Å². The van der Waals surface area contributed by atoms with Gasteiger partial charge in [-0.15, -0.1) is 0 Å². The molecule has 1 aliphatic heterocycles. The van der Waals surface area contributed by atoms with Crippen molar-refractivity contribution in [2.45, 2.75) is 29.5 Å². The van der Waals surface area contributed by atoms with E-state index in [-0.39, 0.29) is 18.5 Å². The zero-order valence-electron chi connectivity index (χ0n) is 19.7. The van der Waals surface area contributed by atoms with Crippen LogP contribution in [-0.4, -0.2) is 50.2 Å². The van der Waals surface area contributed by atoms with Crippen LogP contribution in [-0.2, 0) is 10.0 Å². The first-order chi connectivity index (χ1) is 18.2. The number of hydrogen-bond donors (Lipinski definition) is 1. The van der Waals surface area contributed by atoms with Crippen molar-refractivity contribution < 1.29 is 48.3 Å². The lowest BCUT2D eigenvalue weighted by Gasteiger charge is -2.39. The van der Waals surface area contributed by atoms with E-state index in [0.717, 1.165) is 35.2 Å². The van der Waals surface area contributed by atoms with Gasteiger partial charge in [0.05, 0.1) is 6.54 Å². The quantitative estimate of drug-likeness (QED) is 0.300. The molecule has 0 radical (unpaired) electrons. The van der Waals surface area contributed by atoms with Crippen LogP contribution in [0.15, 0.2) is 53.4 Å². The predicted octanol–water partition coefficient (Wildman–Crippen LogP) is 5.38. The van der Waals surface area contributed by atoms with Crippen LogP contribution in [0.25, 0.3) is 0 Å². The Hall–Kier alpha value is -3.46. The van der Waals surface area contributed by atoms with E-state index in [2.05, 4.69) is 4.98 Å². The van der Waals surface area contributed by atoms with Crippen molar-refractivity contribution in [1.29, 1.82) is 0 Å². The molecule has 15 heteroatoms. The highest BCUT2D eigenvalue weighted by molar-refractivity contribution is 7.92. The number of likely N-dealkylation sites (tertiary alicyclic amines) is 1. The standard InChI is InChI=1S/C24H19F8N3O3S/c25-13-4-5-14(16(26)8-13)15-11-35(12-24(30,31)32)7-6-19(15)38-20-9-18(28)21(10-17(20)27)39(36,37)34-23-3-1-2-22(29)33-23/h1-5,8-10,15,19H,6-7,11-12H2,(H,33,34)/t15-,19+/m1/s1. The van der Waals surface area contributed by atoms with E-state index < -0.39 is 87.0 Å². The Morgan fingerprint density at radius 2 is 1.72 bits per heavy atom. The number of rotatable bonds is 7. The number of ether oxygens (including phenoxy) is 1. The van der Waals surface area contributed by atoms with E-state index in [4.69, 9.17) is 4.74 Å². The molecule has 0 unspecified atom stereocenters. The van der Waals surface area contributed by atoms with Crippen LogP contribution in [0.1, 0.15) is 17.9 Å². The molecule has 1 fully saturated rings. The summed E-state index contributed by atoms with van der Waals surface area (Å²) in [6.45, 7) is -1.90. The predicted molar refractivity (Wildman–Crippen MR) is 122 cm³/mol. The molecular formula is C24H19F8N3O3S. The van der Waals surface area contributed by atoms with Crippen molar-refractivity contribution in [2.75, 3.05) is 24.4 Å². The van der Waals surface area contributed by atoms with Crippen LogP contribution >= 0.6 is 0 Å². The van der Waals surface area contributed by atoms with Crippen molar-refractivity contribution in [3.8, 4) is 5.75 Å². The fourth-order valence-electron chi connectivity index (χ4n) is 4.26. The van der Waals surface area contributed by atoms with Crippen LogP contribution in [0.3, 0.4) is 0 Å². The number of pyridine rings is 1. The molecule has 1 saturated heterocycles. The molecule has 210 valence electrons. The number of anilines is 1. The fraction of sp³-hybridized carbons (Fsp3) is 0.292. The van der Waals surface area contributed by atoms with Gasteiger partial charge in [-0.25, -0.2) is 31.0 Å². The minimum Gasteiger partial charge on any atom is -0.487 e. The largest absolute Gasteiger partial charge is 0.487 e. The number of sulfonamides is 1. The Balaban J connectivity index is 1.61. The van der Waals surface area contributed by atoms with Gasteiger partial charge in [-0.2, -0.15) is 17.6 Å². The van der Waals surface area contributed by atoms with Gasteiger partial charge in [0, 0.05) is 37.2 Å². The van der Waals surface area contributed by atoms with Gasteiger partial charge in [-0.3, -0.25) is 9.62 Å². The first-order valence-corrected chi connectivity index (χ1v) is 12.8. The Labute approximate surface area is 217 Å². The summed E-state index contributed by atoms with van der Waals surface area (Å²) in [5, 5.41) is 0. The minimum absolute atomic E-state index is 0.175. The summed E-state index contributed by atoms with van der Waals surface area (Å²) in [4.78, 5) is 3.11. The van der Waals surface area contributed by atoms with Crippen molar-refractivity contribution in [1.82, 2.24) is 9.88 Å².